The number of hydrogen-bond acceptors (Lipinski definition) is 2. The molecule has 1 unspecified atom stereocenters. The Balaban J connectivity index is 2.78. The second-order valence-electron chi connectivity index (χ2n) is 2.56. The van der Waals surface area contributed by atoms with Crippen molar-refractivity contribution in [2.45, 2.75) is 13.0 Å². The van der Waals surface area contributed by atoms with Crippen molar-refractivity contribution in [1.82, 2.24) is 0 Å². The van der Waals surface area contributed by atoms with Gasteiger partial charge in [0.2, 0.25) is 6.41 Å². The standard InChI is InChI=1S/C9H11NO2/c1-7(12)8-2-4-9(5-3-8)10-6-11/h2-7,12H,1H3,(H,10,11). The smallest absolute Gasteiger partial charge is 0.211 e. The summed E-state index contributed by atoms with van der Waals surface area (Å²) in [4.78, 5) is 10.0. The number of carbonyl (C=O) groups excluding carboxylic acids is 1. The Morgan fingerprint density at radius 1 is 1.42 bits per heavy atom. The number of benzene rings is 1. The Bertz CT molecular complexity index is 254. The van der Waals surface area contributed by atoms with E-state index < -0.39 is 6.10 Å². The molecule has 0 bridgehead atoms. The Kier molecular flexibility index (Phi) is 2.82. The lowest BCUT2D eigenvalue weighted by Gasteiger charge is -2.04. The molecule has 0 aliphatic heterocycles. The number of nitrogens with one attached hydrogen (secondary N) is 1. The van der Waals surface area contributed by atoms with Gasteiger partial charge in [0.25, 0.3) is 0 Å². The quantitative estimate of drug-likeness (QED) is 0.663. The molecule has 1 amide bonds. The fourth-order valence-corrected chi connectivity index (χ4v) is 0.926. The van der Waals surface area contributed by atoms with Gasteiger partial charge >= 0.3 is 0 Å². The first-order valence-electron chi connectivity index (χ1n) is 3.72. The number of anilines is 1. The highest BCUT2D eigenvalue weighted by Gasteiger charge is 1.98. The highest BCUT2D eigenvalue weighted by Crippen LogP contribution is 2.14. The lowest BCUT2D eigenvalue weighted by atomic mass is 10.1. The van der Waals surface area contributed by atoms with Gasteiger partial charge in [-0.25, -0.2) is 0 Å². The van der Waals surface area contributed by atoms with Gasteiger partial charge in [-0.15, -0.1) is 0 Å². The van der Waals surface area contributed by atoms with Crippen LogP contribution in [0, 0.1) is 0 Å². The van der Waals surface area contributed by atoms with Gasteiger partial charge in [-0.05, 0) is 24.6 Å². The summed E-state index contributed by atoms with van der Waals surface area (Å²) in [7, 11) is 0. The summed E-state index contributed by atoms with van der Waals surface area (Å²) in [6, 6.07) is 7.04. The fraction of sp³-hybridized carbons (Fsp3) is 0.222. The highest BCUT2D eigenvalue weighted by molar-refractivity contribution is 5.71. The van der Waals surface area contributed by atoms with Crippen LogP contribution in [0.15, 0.2) is 24.3 Å². The van der Waals surface area contributed by atoms with Crippen LogP contribution < -0.4 is 5.32 Å². The van der Waals surface area contributed by atoms with Gasteiger partial charge in [0, 0.05) is 5.69 Å². The zero-order valence-corrected chi connectivity index (χ0v) is 6.82. The van der Waals surface area contributed by atoms with Crippen molar-refractivity contribution in [2.75, 3.05) is 5.32 Å². The van der Waals surface area contributed by atoms with Gasteiger partial charge < -0.3 is 10.4 Å². The van der Waals surface area contributed by atoms with E-state index >= 15 is 0 Å². The van der Waals surface area contributed by atoms with E-state index in [4.69, 9.17) is 5.11 Å². The monoisotopic (exact) mass is 165 g/mol. The van der Waals surface area contributed by atoms with Crippen LogP contribution >= 0.6 is 0 Å². The summed E-state index contributed by atoms with van der Waals surface area (Å²) in [5, 5.41) is 11.7. The summed E-state index contributed by atoms with van der Waals surface area (Å²) in [5.74, 6) is 0. The lowest BCUT2D eigenvalue weighted by Crippen LogP contribution is -1.95. The van der Waals surface area contributed by atoms with Crippen molar-refractivity contribution >= 4 is 12.1 Å². The van der Waals surface area contributed by atoms with Crippen LogP contribution in [0.5, 0.6) is 0 Å². The Hall–Kier alpha value is -1.35. The van der Waals surface area contributed by atoms with Gasteiger partial charge in [-0.2, -0.15) is 0 Å². The molecule has 0 heterocycles. The topological polar surface area (TPSA) is 49.3 Å². The van der Waals surface area contributed by atoms with Crippen molar-refractivity contribution in [3.8, 4) is 0 Å². The average Bonchev–Trinajstić information content (AvgIpc) is 2.06. The van der Waals surface area contributed by atoms with E-state index in [-0.39, 0.29) is 0 Å². The summed E-state index contributed by atoms with van der Waals surface area (Å²) >= 11 is 0. The molecule has 1 atom stereocenters. The number of carbonyl (C=O) groups is 1. The molecule has 0 radical (unpaired) electrons. The SMILES string of the molecule is CC(O)c1ccc(NC=O)cc1. The minimum Gasteiger partial charge on any atom is -0.389 e. The van der Waals surface area contributed by atoms with Crippen molar-refractivity contribution in [2.24, 2.45) is 0 Å². The molecular formula is C9H11NO2. The number of rotatable bonds is 3. The molecule has 2 N–H and O–H groups in total. The van der Waals surface area contributed by atoms with E-state index in [0.717, 1.165) is 11.3 Å². The minimum atomic E-state index is -0.463. The molecule has 3 heteroatoms. The average molecular weight is 165 g/mol. The van der Waals surface area contributed by atoms with Crippen LogP contribution in [0.3, 0.4) is 0 Å². The van der Waals surface area contributed by atoms with Gasteiger partial charge in [-0.3, -0.25) is 4.79 Å². The van der Waals surface area contributed by atoms with Crippen LogP contribution in [0.4, 0.5) is 5.69 Å². The Morgan fingerprint density at radius 2 is 2.00 bits per heavy atom. The third kappa shape index (κ3) is 2.07. The molecule has 3 nitrogen and oxygen atoms in total. The highest BCUT2D eigenvalue weighted by atomic mass is 16.3. The molecule has 0 aromatic heterocycles. The molecule has 0 saturated heterocycles. The molecule has 1 rings (SSSR count). The zero-order chi connectivity index (χ0) is 8.97. The zero-order valence-electron chi connectivity index (χ0n) is 6.82. The second kappa shape index (κ2) is 3.88. The third-order valence-corrected chi connectivity index (χ3v) is 1.62. The van der Waals surface area contributed by atoms with Crippen molar-refractivity contribution in [1.29, 1.82) is 0 Å². The first-order chi connectivity index (χ1) is 5.74. The van der Waals surface area contributed by atoms with E-state index in [2.05, 4.69) is 5.32 Å². The maximum atomic E-state index is 10.0. The molecule has 0 fully saturated rings. The largest absolute Gasteiger partial charge is 0.389 e. The van der Waals surface area contributed by atoms with Crippen LogP contribution in [0.25, 0.3) is 0 Å². The maximum absolute atomic E-state index is 10.0. The maximum Gasteiger partial charge on any atom is 0.211 e. The van der Waals surface area contributed by atoms with Crippen LogP contribution in [-0.2, 0) is 4.79 Å². The normalized spacial score (nSPS) is 12.2. The second-order valence-corrected chi connectivity index (χ2v) is 2.56. The van der Waals surface area contributed by atoms with Crippen LogP contribution in [-0.4, -0.2) is 11.5 Å². The van der Waals surface area contributed by atoms with E-state index in [0.29, 0.717) is 6.41 Å². The van der Waals surface area contributed by atoms with E-state index in [1.54, 1.807) is 31.2 Å². The van der Waals surface area contributed by atoms with Gasteiger partial charge in [0.15, 0.2) is 0 Å². The summed E-state index contributed by atoms with van der Waals surface area (Å²) < 4.78 is 0. The molecule has 0 aliphatic carbocycles. The Morgan fingerprint density at radius 3 is 2.42 bits per heavy atom. The molecule has 1 aromatic carbocycles. The number of aliphatic hydroxyl groups excluding tert-OH is 1. The number of hydrogen-bond donors (Lipinski definition) is 2. The van der Waals surface area contributed by atoms with Gasteiger partial charge in [0.05, 0.1) is 6.10 Å². The summed E-state index contributed by atoms with van der Waals surface area (Å²) in [5.41, 5.74) is 1.57. The molecular weight excluding hydrogens is 154 g/mol. The number of aliphatic hydroxyl groups is 1. The number of amides is 1. The Labute approximate surface area is 71.0 Å². The molecule has 0 spiro atoms. The molecule has 12 heavy (non-hydrogen) atoms. The minimum absolute atomic E-state index is 0.463. The van der Waals surface area contributed by atoms with E-state index in [1.807, 2.05) is 0 Å². The first-order valence-corrected chi connectivity index (χ1v) is 3.72. The predicted octanol–water partition coefficient (Wildman–Crippen LogP) is 1.31. The van der Waals surface area contributed by atoms with Crippen LogP contribution in [0.2, 0.25) is 0 Å². The van der Waals surface area contributed by atoms with Gasteiger partial charge in [-0.1, -0.05) is 12.1 Å². The third-order valence-electron chi connectivity index (χ3n) is 1.62. The van der Waals surface area contributed by atoms with Crippen molar-refractivity contribution in [3.05, 3.63) is 29.8 Å². The molecule has 0 aliphatic rings. The lowest BCUT2D eigenvalue weighted by molar-refractivity contribution is -0.105. The first kappa shape index (κ1) is 8.74. The summed E-state index contributed by atoms with van der Waals surface area (Å²) in [6.45, 7) is 1.70. The molecule has 64 valence electrons. The van der Waals surface area contributed by atoms with Crippen molar-refractivity contribution < 1.29 is 9.90 Å². The fourth-order valence-electron chi connectivity index (χ4n) is 0.926. The molecule has 0 saturated carbocycles. The van der Waals surface area contributed by atoms with Crippen LogP contribution in [0.1, 0.15) is 18.6 Å². The van der Waals surface area contributed by atoms with E-state index in [9.17, 15) is 4.79 Å². The predicted molar refractivity (Wildman–Crippen MR) is 46.8 cm³/mol. The van der Waals surface area contributed by atoms with E-state index in [1.165, 1.54) is 0 Å². The summed E-state index contributed by atoms with van der Waals surface area (Å²) in [6.07, 6.45) is 0.160. The molecule has 1 aromatic rings. The van der Waals surface area contributed by atoms with Gasteiger partial charge in [0.1, 0.15) is 0 Å². The van der Waals surface area contributed by atoms with Crippen molar-refractivity contribution in [3.63, 3.8) is 0 Å².